The zero-order chi connectivity index (χ0) is 12.3. The summed E-state index contributed by atoms with van der Waals surface area (Å²) in [6.07, 6.45) is 2.41. The van der Waals surface area contributed by atoms with Crippen LogP contribution in [-0.4, -0.2) is 25.7 Å². The van der Waals surface area contributed by atoms with Crippen molar-refractivity contribution in [3.8, 4) is 0 Å². The van der Waals surface area contributed by atoms with Crippen LogP contribution in [0.25, 0.3) is 0 Å². The summed E-state index contributed by atoms with van der Waals surface area (Å²) in [5, 5.41) is 3.61. The molecule has 1 fully saturated rings. The highest BCUT2D eigenvalue weighted by Gasteiger charge is 2.18. The van der Waals surface area contributed by atoms with Gasteiger partial charge >= 0.3 is 0 Å². The average molecular weight is 409 g/mol. The van der Waals surface area contributed by atoms with Crippen molar-refractivity contribution in [2.45, 2.75) is 25.8 Å². The average Bonchev–Trinajstić information content (AvgIpc) is 2.57. The Kier molecular flexibility index (Phi) is 5.11. The fraction of sp³-hybridized carbons (Fsp3) is 0.538. The maximum Gasteiger partial charge on any atom is 0.0521 e. The smallest absolute Gasteiger partial charge is 0.0521 e. The molecular formula is C13H18BrIN2. The molecule has 1 aliphatic rings. The number of halogens is 2. The second kappa shape index (κ2) is 6.38. The zero-order valence-electron chi connectivity index (χ0n) is 10.0. The van der Waals surface area contributed by atoms with Crippen molar-refractivity contribution in [2.24, 2.45) is 0 Å². The van der Waals surface area contributed by atoms with Crippen molar-refractivity contribution >= 4 is 44.2 Å². The molecule has 1 saturated heterocycles. The van der Waals surface area contributed by atoms with Crippen molar-refractivity contribution in [1.82, 2.24) is 5.32 Å². The molecule has 1 N–H and O–H groups in total. The molecule has 0 aliphatic carbocycles. The predicted molar refractivity (Wildman–Crippen MR) is 85.8 cm³/mol. The molecule has 0 saturated carbocycles. The second-order valence-electron chi connectivity index (χ2n) is 4.45. The SMILES string of the molecule is CCC1CN(c2cc(I)ccc2Br)CCCN1. The molecule has 94 valence electrons. The molecule has 0 amide bonds. The van der Waals surface area contributed by atoms with Crippen LogP contribution >= 0.6 is 38.5 Å². The third kappa shape index (κ3) is 3.58. The molecular weight excluding hydrogens is 391 g/mol. The lowest BCUT2D eigenvalue weighted by Crippen LogP contribution is -2.37. The summed E-state index contributed by atoms with van der Waals surface area (Å²) in [5.74, 6) is 0. The largest absolute Gasteiger partial charge is 0.369 e. The third-order valence-corrected chi connectivity index (χ3v) is 4.56. The molecule has 17 heavy (non-hydrogen) atoms. The zero-order valence-corrected chi connectivity index (χ0v) is 13.8. The lowest BCUT2D eigenvalue weighted by molar-refractivity contribution is 0.528. The molecule has 0 bridgehead atoms. The summed E-state index contributed by atoms with van der Waals surface area (Å²) in [5.41, 5.74) is 1.33. The highest BCUT2D eigenvalue weighted by atomic mass is 127. The summed E-state index contributed by atoms with van der Waals surface area (Å²) in [6, 6.07) is 7.17. The van der Waals surface area contributed by atoms with E-state index < -0.39 is 0 Å². The lowest BCUT2D eigenvalue weighted by Gasteiger charge is -2.27. The summed E-state index contributed by atoms with van der Waals surface area (Å²) in [4.78, 5) is 2.50. The van der Waals surface area contributed by atoms with Gasteiger partial charge in [-0.3, -0.25) is 0 Å². The van der Waals surface area contributed by atoms with Gasteiger partial charge in [-0.25, -0.2) is 0 Å². The molecule has 1 atom stereocenters. The maximum absolute atomic E-state index is 3.67. The van der Waals surface area contributed by atoms with Gasteiger partial charge in [0.1, 0.15) is 0 Å². The van der Waals surface area contributed by atoms with Crippen LogP contribution in [0.3, 0.4) is 0 Å². The summed E-state index contributed by atoms with van der Waals surface area (Å²) in [7, 11) is 0. The summed E-state index contributed by atoms with van der Waals surface area (Å²) >= 11 is 6.05. The Bertz CT molecular complexity index is 384. The van der Waals surface area contributed by atoms with E-state index in [1.165, 1.54) is 26.6 Å². The van der Waals surface area contributed by atoms with E-state index in [0.29, 0.717) is 6.04 Å². The van der Waals surface area contributed by atoms with Crippen molar-refractivity contribution in [2.75, 3.05) is 24.5 Å². The first-order chi connectivity index (χ1) is 8.20. The first kappa shape index (κ1) is 13.6. The number of benzene rings is 1. The Balaban J connectivity index is 2.21. The van der Waals surface area contributed by atoms with E-state index in [-0.39, 0.29) is 0 Å². The van der Waals surface area contributed by atoms with E-state index in [1.54, 1.807) is 0 Å². The molecule has 1 aliphatic heterocycles. The number of nitrogens with one attached hydrogen (secondary N) is 1. The molecule has 2 rings (SSSR count). The Hall–Kier alpha value is 0.190. The van der Waals surface area contributed by atoms with E-state index in [0.717, 1.165) is 19.6 Å². The standard InChI is InChI=1S/C13H18BrIN2/c1-2-11-9-17(7-3-6-16-11)13-8-10(15)4-5-12(13)14/h4-5,8,11,16H,2-3,6-7,9H2,1H3. The van der Waals surface area contributed by atoms with Crippen LogP contribution in [0.4, 0.5) is 5.69 Å². The monoisotopic (exact) mass is 408 g/mol. The Morgan fingerprint density at radius 2 is 2.35 bits per heavy atom. The summed E-state index contributed by atoms with van der Waals surface area (Å²) < 4.78 is 2.50. The number of hydrogen-bond donors (Lipinski definition) is 1. The van der Waals surface area contributed by atoms with Gasteiger partial charge in [-0.15, -0.1) is 0 Å². The van der Waals surface area contributed by atoms with Gasteiger partial charge in [0.25, 0.3) is 0 Å². The Morgan fingerprint density at radius 3 is 3.12 bits per heavy atom. The van der Waals surface area contributed by atoms with Gasteiger partial charge in [0, 0.05) is 27.2 Å². The van der Waals surface area contributed by atoms with E-state index >= 15 is 0 Å². The molecule has 1 heterocycles. The van der Waals surface area contributed by atoms with Gasteiger partial charge < -0.3 is 10.2 Å². The van der Waals surface area contributed by atoms with Crippen LogP contribution in [-0.2, 0) is 0 Å². The first-order valence-corrected chi connectivity index (χ1v) is 8.01. The fourth-order valence-corrected chi connectivity index (χ4v) is 3.19. The first-order valence-electron chi connectivity index (χ1n) is 6.14. The molecule has 0 radical (unpaired) electrons. The quantitative estimate of drug-likeness (QED) is 0.751. The molecule has 4 heteroatoms. The number of hydrogen-bond acceptors (Lipinski definition) is 2. The van der Waals surface area contributed by atoms with Crippen LogP contribution in [0.1, 0.15) is 19.8 Å². The molecule has 1 unspecified atom stereocenters. The van der Waals surface area contributed by atoms with Crippen LogP contribution in [0.2, 0.25) is 0 Å². The number of nitrogens with zero attached hydrogens (tertiary/aromatic N) is 1. The highest BCUT2D eigenvalue weighted by Crippen LogP contribution is 2.29. The summed E-state index contributed by atoms with van der Waals surface area (Å²) in [6.45, 7) is 5.64. The Labute approximate surface area is 125 Å². The van der Waals surface area contributed by atoms with E-state index in [9.17, 15) is 0 Å². The predicted octanol–water partition coefficient (Wildman–Crippen LogP) is 3.63. The van der Waals surface area contributed by atoms with Crippen molar-refractivity contribution in [3.05, 3.63) is 26.2 Å². The van der Waals surface area contributed by atoms with E-state index in [4.69, 9.17) is 0 Å². The van der Waals surface area contributed by atoms with Crippen LogP contribution < -0.4 is 10.2 Å². The minimum atomic E-state index is 0.613. The van der Waals surface area contributed by atoms with Gasteiger partial charge in [0.2, 0.25) is 0 Å². The minimum absolute atomic E-state index is 0.613. The van der Waals surface area contributed by atoms with Crippen LogP contribution in [0, 0.1) is 3.57 Å². The normalized spacial score (nSPS) is 21.4. The lowest BCUT2D eigenvalue weighted by atomic mass is 10.2. The molecule has 0 aromatic heterocycles. The number of rotatable bonds is 2. The van der Waals surface area contributed by atoms with E-state index in [2.05, 4.69) is 73.9 Å². The third-order valence-electron chi connectivity index (χ3n) is 3.22. The van der Waals surface area contributed by atoms with Gasteiger partial charge in [0.15, 0.2) is 0 Å². The van der Waals surface area contributed by atoms with Gasteiger partial charge in [0.05, 0.1) is 5.69 Å². The fourth-order valence-electron chi connectivity index (χ4n) is 2.22. The van der Waals surface area contributed by atoms with Crippen molar-refractivity contribution < 1.29 is 0 Å². The van der Waals surface area contributed by atoms with E-state index in [1.807, 2.05) is 0 Å². The molecule has 2 nitrogen and oxygen atoms in total. The van der Waals surface area contributed by atoms with Gasteiger partial charge in [-0.2, -0.15) is 0 Å². The van der Waals surface area contributed by atoms with Gasteiger partial charge in [-0.1, -0.05) is 6.92 Å². The minimum Gasteiger partial charge on any atom is -0.369 e. The maximum atomic E-state index is 3.67. The molecule has 1 aromatic rings. The van der Waals surface area contributed by atoms with Crippen molar-refractivity contribution in [3.63, 3.8) is 0 Å². The Morgan fingerprint density at radius 1 is 1.53 bits per heavy atom. The molecule has 1 aromatic carbocycles. The van der Waals surface area contributed by atoms with Crippen LogP contribution in [0.5, 0.6) is 0 Å². The number of anilines is 1. The van der Waals surface area contributed by atoms with Crippen molar-refractivity contribution in [1.29, 1.82) is 0 Å². The van der Waals surface area contributed by atoms with Gasteiger partial charge in [-0.05, 0) is 76.1 Å². The highest BCUT2D eigenvalue weighted by molar-refractivity contribution is 14.1. The topological polar surface area (TPSA) is 15.3 Å². The molecule has 0 spiro atoms. The van der Waals surface area contributed by atoms with Crippen LogP contribution in [0.15, 0.2) is 22.7 Å². The second-order valence-corrected chi connectivity index (χ2v) is 6.55.